The number of nitrogens with one attached hydrogen (secondary N) is 1. The van der Waals surface area contributed by atoms with Crippen molar-refractivity contribution in [1.29, 1.82) is 0 Å². The number of methoxy groups -OCH3 is 1. The molecule has 1 aromatic carbocycles. The number of pyridine rings is 1. The maximum Gasteiger partial charge on any atom is 0.338 e. The van der Waals surface area contributed by atoms with E-state index in [0.717, 1.165) is 10.6 Å². The lowest BCUT2D eigenvalue weighted by molar-refractivity contribution is -0.385. The third-order valence-corrected chi connectivity index (χ3v) is 4.49. The second-order valence-corrected chi connectivity index (χ2v) is 6.08. The molecule has 0 aliphatic heterocycles. The Labute approximate surface area is 152 Å². The first kappa shape index (κ1) is 17.5. The second kappa shape index (κ2) is 7.70. The number of nitrogens with zero attached hydrogens (tertiary/aromatic N) is 3. The number of anilines is 1. The Morgan fingerprint density at radius 1 is 1.31 bits per heavy atom. The number of hydrogen-bond donors (Lipinski definition) is 1. The number of benzene rings is 1. The van der Waals surface area contributed by atoms with Gasteiger partial charge < -0.3 is 10.1 Å². The third kappa shape index (κ3) is 3.83. The van der Waals surface area contributed by atoms with Crippen LogP contribution in [0, 0.1) is 10.1 Å². The van der Waals surface area contributed by atoms with Gasteiger partial charge in [0.05, 0.1) is 17.6 Å². The van der Waals surface area contributed by atoms with Gasteiger partial charge in [-0.15, -0.1) is 11.3 Å². The van der Waals surface area contributed by atoms with E-state index in [1.807, 2.05) is 17.5 Å². The van der Waals surface area contributed by atoms with Gasteiger partial charge in [-0.25, -0.2) is 9.78 Å². The summed E-state index contributed by atoms with van der Waals surface area (Å²) in [5.41, 5.74) is 1.38. The molecule has 0 atom stereocenters. The molecule has 8 nitrogen and oxygen atoms in total. The Hall–Kier alpha value is -3.33. The molecule has 0 fully saturated rings. The zero-order valence-corrected chi connectivity index (χ0v) is 14.5. The molecule has 2 aromatic heterocycles. The number of esters is 1. The molecule has 0 unspecified atom stereocenters. The first-order valence-electron chi connectivity index (χ1n) is 7.54. The number of carbonyl (C=O) groups is 1. The SMILES string of the molecule is COC(=O)c1ccc(CNc2csc(-c3ccncc3)n2)c([N+](=O)[O-])c1. The van der Waals surface area contributed by atoms with Crippen LogP contribution in [-0.4, -0.2) is 28.0 Å². The van der Waals surface area contributed by atoms with Gasteiger partial charge in [0.1, 0.15) is 10.8 Å². The van der Waals surface area contributed by atoms with Gasteiger partial charge in [0.2, 0.25) is 0 Å². The number of nitro groups is 1. The third-order valence-electron chi connectivity index (χ3n) is 3.59. The quantitative estimate of drug-likeness (QED) is 0.402. The van der Waals surface area contributed by atoms with Crippen LogP contribution in [0.4, 0.5) is 11.5 Å². The lowest BCUT2D eigenvalue weighted by Crippen LogP contribution is -2.07. The van der Waals surface area contributed by atoms with E-state index in [4.69, 9.17) is 0 Å². The summed E-state index contributed by atoms with van der Waals surface area (Å²) in [6, 6.07) is 7.97. The topological polar surface area (TPSA) is 107 Å². The molecule has 26 heavy (non-hydrogen) atoms. The van der Waals surface area contributed by atoms with E-state index in [-0.39, 0.29) is 17.8 Å². The Balaban J connectivity index is 1.76. The molecule has 0 bridgehead atoms. The molecule has 0 radical (unpaired) electrons. The molecule has 3 rings (SSSR count). The molecule has 0 amide bonds. The Morgan fingerprint density at radius 2 is 2.08 bits per heavy atom. The van der Waals surface area contributed by atoms with Crippen molar-refractivity contribution in [2.45, 2.75) is 6.54 Å². The summed E-state index contributed by atoms with van der Waals surface area (Å²) < 4.78 is 4.59. The minimum Gasteiger partial charge on any atom is -0.465 e. The molecular formula is C17H14N4O4S. The van der Waals surface area contributed by atoms with Crippen LogP contribution >= 0.6 is 11.3 Å². The Morgan fingerprint density at radius 3 is 2.77 bits per heavy atom. The Bertz CT molecular complexity index is 943. The molecule has 9 heteroatoms. The van der Waals surface area contributed by atoms with E-state index in [2.05, 4.69) is 20.0 Å². The maximum absolute atomic E-state index is 11.5. The number of aromatic nitrogens is 2. The lowest BCUT2D eigenvalue weighted by Gasteiger charge is -2.06. The highest BCUT2D eigenvalue weighted by atomic mass is 32.1. The van der Waals surface area contributed by atoms with Gasteiger partial charge in [-0.2, -0.15) is 0 Å². The van der Waals surface area contributed by atoms with E-state index < -0.39 is 10.9 Å². The number of thiazole rings is 1. The van der Waals surface area contributed by atoms with E-state index in [9.17, 15) is 14.9 Å². The summed E-state index contributed by atoms with van der Waals surface area (Å²) >= 11 is 1.46. The van der Waals surface area contributed by atoms with Gasteiger partial charge in [-0.3, -0.25) is 15.1 Å². The Kier molecular flexibility index (Phi) is 5.18. The van der Waals surface area contributed by atoms with Crippen LogP contribution in [0.5, 0.6) is 0 Å². The fourth-order valence-corrected chi connectivity index (χ4v) is 3.08. The summed E-state index contributed by atoms with van der Waals surface area (Å²) in [5.74, 6) is 0.00209. The highest BCUT2D eigenvalue weighted by Gasteiger charge is 2.18. The van der Waals surface area contributed by atoms with Gasteiger partial charge >= 0.3 is 5.97 Å². The fraction of sp³-hybridized carbons (Fsp3) is 0.118. The monoisotopic (exact) mass is 370 g/mol. The van der Waals surface area contributed by atoms with Crippen LogP contribution in [0.1, 0.15) is 15.9 Å². The summed E-state index contributed by atoms with van der Waals surface area (Å²) in [5, 5.41) is 17.0. The van der Waals surface area contributed by atoms with Crippen molar-refractivity contribution in [3.8, 4) is 10.6 Å². The minimum atomic E-state index is -0.617. The average molecular weight is 370 g/mol. The fourth-order valence-electron chi connectivity index (χ4n) is 2.30. The van der Waals surface area contributed by atoms with E-state index >= 15 is 0 Å². The second-order valence-electron chi connectivity index (χ2n) is 5.22. The van der Waals surface area contributed by atoms with Crippen LogP contribution in [0.15, 0.2) is 48.1 Å². The van der Waals surface area contributed by atoms with Crippen LogP contribution < -0.4 is 5.32 Å². The predicted octanol–water partition coefficient (Wildman–Crippen LogP) is 3.51. The van der Waals surface area contributed by atoms with Gasteiger partial charge in [0.25, 0.3) is 5.69 Å². The predicted molar refractivity (Wildman–Crippen MR) is 97.1 cm³/mol. The first-order chi connectivity index (χ1) is 12.6. The van der Waals surface area contributed by atoms with Gasteiger partial charge in [-0.05, 0) is 24.3 Å². The molecule has 132 valence electrons. The highest BCUT2D eigenvalue weighted by Crippen LogP contribution is 2.26. The van der Waals surface area contributed by atoms with Gasteiger partial charge in [0, 0.05) is 41.5 Å². The highest BCUT2D eigenvalue weighted by molar-refractivity contribution is 7.13. The number of nitro benzene ring substituents is 1. The van der Waals surface area contributed by atoms with Crippen molar-refractivity contribution in [2.24, 2.45) is 0 Å². The van der Waals surface area contributed by atoms with Crippen LogP contribution in [-0.2, 0) is 11.3 Å². The molecule has 1 N–H and O–H groups in total. The largest absolute Gasteiger partial charge is 0.465 e. The molecule has 0 saturated carbocycles. The summed E-state index contributed by atoms with van der Waals surface area (Å²) in [6.45, 7) is 0.206. The first-order valence-corrected chi connectivity index (χ1v) is 8.42. The summed E-state index contributed by atoms with van der Waals surface area (Å²) in [6.07, 6.45) is 3.38. The number of ether oxygens (including phenoxy) is 1. The molecule has 0 aliphatic carbocycles. The van der Waals surface area contributed by atoms with E-state index in [0.29, 0.717) is 11.4 Å². The van der Waals surface area contributed by atoms with Gasteiger partial charge in [0.15, 0.2) is 0 Å². The van der Waals surface area contributed by atoms with Crippen molar-refractivity contribution in [3.05, 3.63) is 69.3 Å². The number of hydrogen-bond acceptors (Lipinski definition) is 8. The van der Waals surface area contributed by atoms with Crippen molar-refractivity contribution in [2.75, 3.05) is 12.4 Å². The normalized spacial score (nSPS) is 10.3. The molecule has 0 saturated heterocycles. The maximum atomic E-state index is 11.5. The summed E-state index contributed by atoms with van der Waals surface area (Å²) in [4.78, 5) is 30.7. The van der Waals surface area contributed by atoms with Gasteiger partial charge in [-0.1, -0.05) is 0 Å². The lowest BCUT2D eigenvalue weighted by atomic mass is 10.1. The smallest absolute Gasteiger partial charge is 0.338 e. The van der Waals surface area contributed by atoms with Crippen molar-refractivity contribution in [3.63, 3.8) is 0 Å². The molecule has 3 aromatic rings. The number of rotatable bonds is 6. The summed E-state index contributed by atoms with van der Waals surface area (Å²) in [7, 11) is 1.23. The number of carbonyl (C=O) groups excluding carboxylic acids is 1. The average Bonchev–Trinajstić information content (AvgIpc) is 3.15. The van der Waals surface area contributed by atoms with E-state index in [1.54, 1.807) is 12.4 Å². The minimum absolute atomic E-state index is 0.136. The molecule has 2 heterocycles. The zero-order valence-electron chi connectivity index (χ0n) is 13.7. The zero-order chi connectivity index (χ0) is 18.5. The van der Waals surface area contributed by atoms with Crippen molar-refractivity contribution >= 4 is 28.8 Å². The molecule has 0 aliphatic rings. The van der Waals surface area contributed by atoms with Crippen LogP contribution in [0.2, 0.25) is 0 Å². The van der Waals surface area contributed by atoms with E-state index in [1.165, 1.54) is 36.6 Å². The van der Waals surface area contributed by atoms with Crippen molar-refractivity contribution in [1.82, 2.24) is 9.97 Å². The molecular weight excluding hydrogens is 356 g/mol. The van der Waals surface area contributed by atoms with Crippen molar-refractivity contribution < 1.29 is 14.5 Å². The standard InChI is InChI=1S/C17H14N4O4S/c1-25-17(22)12-2-3-13(14(8-12)21(23)24)9-19-15-10-26-16(20-15)11-4-6-18-7-5-11/h2-8,10,19H,9H2,1H3. The molecule has 0 spiro atoms. The van der Waals surface area contributed by atoms with Crippen LogP contribution in [0.25, 0.3) is 10.6 Å². The van der Waals surface area contributed by atoms with Crippen LogP contribution in [0.3, 0.4) is 0 Å².